The highest BCUT2D eigenvalue weighted by Gasteiger charge is 2.18. The van der Waals surface area contributed by atoms with Crippen molar-refractivity contribution < 1.29 is 19.8 Å². The molecule has 2 amide bonds. The summed E-state index contributed by atoms with van der Waals surface area (Å²) >= 11 is 0. The average molecular weight is 623 g/mol. The maximum atomic E-state index is 13.2. The molecule has 0 unspecified atom stereocenters. The molecule has 4 aromatic rings. The van der Waals surface area contributed by atoms with Gasteiger partial charge in [-0.15, -0.1) is 0 Å². The molecule has 0 atom stereocenters. The van der Waals surface area contributed by atoms with Gasteiger partial charge in [0.1, 0.15) is 11.4 Å². The van der Waals surface area contributed by atoms with Crippen molar-refractivity contribution in [3.8, 4) is 11.1 Å². The number of hydrogen-bond acceptors (Lipinski definition) is 8. The third-order valence-electron chi connectivity index (χ3n) is 8.37. The van der Waals surface area contributed by atoms with Crippen LogP contribution in [0, 0.1) is 13.8 Å². The number of benzene rings is 2. The Kier molecular flexibility index (Phi) is 11.2. The van der Waals surface area contributed by atoms with E-state index >= 15 is 0 Å². The third kappa shape index (κ3) is 8.41. The summed E-state index contributed by atoms with van der Waals surface area (Å²) in [6.07, 6.45) is 5.46. The Bertz CT molecular complexity index is 1630. The van der Waals surface area contributed by atoms with E-state index in [1.165, 1.54) is 0 Å². The van der Waals surface area contributed by atoms with Gasteiger partial charge in [-0.05, 0) is 97.3 Å². The standard InChI is InChI=1S/C36H42N6O4/c1-24-29(6-3-8-31(24)40-35(45)33-12-10-26(21-38-33)20-37-16-5-19-43)30-7-4-9-32(25(30)2)41-36(46)34-13-11-27(22-39-34)23-42-17-14-28(44)15-18-42/h3-4,6-13,21-22,28,37,43-44H,5,14-20,23H2,1-2H3,(H,40,45)(H,41,46). The Balaban J connectivity index is 1.24. The Morgan fingerprint density at radius 2 is 1.35 bits per heavy atom. The second kappa shape index (κ2) is 15.7. The minimum Gasteiger partial charge on any atom is -0.396 e. The lowest BCUT2D eigenvalue weighted by atomic mass is 9.94. The van der Waals surface area contributed by atoms with Gasteiger partial charge in [0.2, 0.25) is 0 Å². The smallest absolute Gasteiger partial charge is 0.274 e. The molecule has 5 rings (SSSR count). The first-order valence-electron chi connectivity index (χ1n) is 15.8. The Morgan fingerprint density at radius 1 is 0.804 bits per heavy atom. The molecule has 0 aliphatic carbocycles. The van der Waals surface area contributed by atoms with Gasteiger partial charge in [0.25, 0.3) is 11.8 Å². The summed E-state index contributed by atoms with van der Waals surface area (Å²) in [5.41, 5.74) is 7.68. The number of aliphatic hydroxyl groups excluding tert-OH is 2. The second-order valence-electron chi connectivity index (χ2n) is 11.7. The molecule has 0 bridgehead atoms. The van der Waals surface area contributed by atoms with Gasteiger partial charge in [0, 0.05) is 56.6 Å². The molecule has 0 spiro atoms. The molecule has 2 aromatic carbocycles. The maximum absolute atomic E-state index is 13.2. The van der Waals surface area contributed by atoms with E-state index in [1.807, 2.05) is 62.4 Å². The predicted molar refractivity (Wildman–Crippen MR) is 180 cm³/mol. The lowest BCUT2D eigenvalue weighted by Crippen LogP contribution is -2.35. The molecule has 0 saturated carbocycles. The van der Waals surface area contributed by atoms with Crippen molar-refractivity contribution in [3.63, 3.8) is 0 Å². The van der Waals surface area contributed by atoms with Crippen LogP contribution in [0.25, 0.3) is 11.1 Å². The van der Waals surface area contributed by atoms with Crippen molar-refractivity contribution in [1.29, 1.82) is 0 Å². The summed E-state index contributed by atoms with van der Waals surface area (Å²) in [4.78, 5) is 37.3. The summed E-state index contributed by atoms with van der Waals surface area (Å²) in [7, 11) is 0. The number of carbonyl (C=O) groups excluding carboxylic acids is 2. The quantitative estimate of drug-likeness (QED) is 0.143. The minimum absolute atomic E-state index is 0.146. The van der Waals surface area contributed by atoms with Gasteiger partial charge in [0.05, 0.1) is 6.10 Å². The number of nitrogens with zero attached hydrogens (tertiary/aromatic N) is 3. The molecule has 2 aromatic heterocycles. The molecule has 0 radical (unpaired) electrons. The number of rotatable bonds is 12. The maximum Gasteiger partial charge on any atom is 0.274 e. The number of pyridine rings is 2. The zero-order valence-corrected chi connectivity index (χ0v) is 26.4. The lowest BCUT2D eigenvalue weighted by molar-refractivity contribution is 0.0791. The van der Waals surface area contributed by atoms with Crippen molar-refractivity contribution in [2.75, 3.05) is 36.9 Å². The number of piperidine rings is 1. The van der Waals surface area contributed by atoms with E-state index in [9.17, 15) is 14.7 Å². The topological polar surface area (TPSA) is 140 Å². The summed E-state index contributed by atoms with van der Waals surface area (Å²) in [6, 6.07) is 18.8. The van der Waals surface area contributed by atoms with Crippen LogP contribution >= 0.6 is 0 Å². The van der Waals surface area contributed by atoms with E-state index in [4.69, 9.17) is 5.11 Å². The molecule has 1 aliphatic rings. The first-order valence-corrected chi connectivity index (χ1v) is 15.8. The number of aromatic nitrogens is 2. The Labute approximate surface area is 269 Å². The van der Waals surface area contributed by atoms with E-state index in [0.29, 0.717) is 42.3 Å². The molecule has 3 heterocycles. The van der Waals surface area contributed by atoms with Crippen LogP contribution in [0.4, 0.5) is 11.4 Å². The van der Waals surface area contributed by atoms with Crippen molar-refractivity contribution in [1.82, 2.24) is 20.2 Å². The monoisotopic (exact) mass is 622 g/mol. The van der Waals surface area contributed by atoms with Gasteiger partial charge in [-0.2, -0.15) is 0 Å². The highest BCUT2D eigenvalue weighted by atomic mass is 16.3. The molecule has 5 N–H and O–H groups in total. The first kappa shape index (κ1) is 32.9. The van der Waals surface area contributed by atoms with Crippen molar-refractivity contribution >= 4 is 23.2 Å². The summed E-state index contributed by atoms with van der Waals surface area (Å²) in [5.74, 6) is -0.587. The average Bonchev–Trinajstić information content (AvgIpc) is 3.07. The SMILES string of the molecule is Cc1c(NC(=O)c2ccc(CNCCCO)cn2)cccc1-c1cccc(NC(=O)c2ccc(CN3CCC(O)CC3)cn2)c1C. The van der Waals surface area contributed by atoms with Crippen molar-refractivity contribution in [3.05, 3.63) is 107 Å². The van der Waals surface area contributed by atoms with Gasteiger partial charge < -0.3 is 26.2 Å². The largest absolute Gasteiger partial charge is 0.396 e. The molecule has 1 saturated heterocycles. The van der Waals surface area contributed by atoms with Crippen LogP contribution in [0.3, 0.4) is 0 Å². The van der Waals surface area contributed by atoms with Gasteiger partial charge in [0.15, 0.2) is 0 Å². The normalized spacial score (nSPS) is 13.8. The molecular weight excluding hydrogens is 580 g/mol. The fourth-order valence-electron chi connectivity index (χ4n) is 5.59. The third-order valence-corrected chi connectivity index (χ3v) is 8.37. The first-order chi connectivity index (χ1) is 22.3. The van der Waals surface area contributed by atoms with Crippen LogP contribution in [0.1, 0.15) is 62.5 Å². The van der Waals surface area contributed by atoms with E-state index in [1.54, 1.807) is 24.5 Å². The molecule has 10 heteroatoms. The number of carbonyl (C=O) groups is 2. The van der Waals surface area contributed by atoms with Crippen molar-refractivity contribution in [2.45, 2.75) is 52.3 Å². The number of nitrogens with one attached hydrogen (secondary N) is 3. The van der Waals surface area contributed by atoms with Crippen LogP contribution in [-0.2, 0) is 13.1 Å². The number of anilines is 2. The van der Waals surface area contributed by atoms with Gasteiger partial charge in [-0.25, -0.2) is 0 Å². The second-order valence-corrected chi connectivity index (χ2v) is 11.7. The highest BCUT2D eigenvalue weighted by molar-refractivity contribution is 6.05. The molecule has 1 fully saturated rings. The molecule has 240 valence electrons. The molecular formula is C36H42N6O4. The lowest BCUT2D eigenvalue weighted by Gasteiger charge is -2.29. The van der Waals surface area contributed by atoms with E-state index in [0.717, 1.165) is 65.9 Å². The van der Waals surface area contributed by atoms with Gasteiger partial charge in [-0.3, -0.25) is 24.5 Å². The van der Waals surface area contributed by atoms with Crippen LogP contribution in [0.5, 0.6) is 0 Å². The fourth-order valence-corrected chi connectivity index (χ4v) is 5.59. The molecule has 10 nitrogen and oxygen atoms in total. The predicted octanol–water partition coefficient (Wildman–Crippen LogP) is 4.69. The number of hydrogen-bond donors (Lipinski definition) is 5. The number of likely N-dealkylation sites (tertiary alicyclic amines) is 1. The number of amides is 2. The molecule has 46 heavy (non-hydrogen) atoms. The van der Waals surface area contributed by atoms with Crippen LogP contribution in [0.2, 0.25) is 0 Å². The fraction of sp³-hybridized carbons (Fsp3) is 0.333. The van der Waals surface area contributed by atoms with Crippen LogP contribution in [0.15, 0.2) is 73.1 Å². The zero-order valence-electron chi connectivity index (χ0n) is 26.4. The highest BCUT2D eigenvalue weighted by Crippen LogP contribution is 2.34. The number of aliphatic hydroxyl groups is 2. The van der Waals surface area contributed by atoms with E-state index in [2.05, 4.69) is 30.8 Å². The van der Waals surface area contributed by atoms with Crippen LogP contribution in [-0.4, -0.2) is 69.2 Å². The Hall–Kier alpha value is -4.48. The van der Waals surface area contributed by atoms with Gasteiger partial charge >= 0.3 is 0 Å². The van der Waals surface area contributed by atoms with E-state index in [-0.39, 0.29) is 24.5 Å². The Morgan fingerprint density at radius 3 is 1.85 bits per heavy atom. The zero-order chi connectivity index (χ0) is 32.5. The van der Waals surface area contributed by atoms with Crippen molar-refractivity contribution in [2.24, 2.45) is 0 Å². The van der Waals surface area contributed by atoms with Gasteiger partial charge in [-0.1, -0.05) is 36.4 Å². The van der Waals surface area contributed by atoms with E-state index < -0.39 is 0 Å². The summed E-state index contributed by atoms with van der Waals surface area (Å²) < 4.78 is 0. The minimum atomic E-state index is -0.300. The summed E-state index contributed by atoms with van der Waals surface area (Å²) in [5, 5.41) is 27.9. The van der Waals surface area contributed by atoms with Crippen LogP contribution < -0.4 is 16.0 Å². The molecule has 1 aliphatic heterocycles. The summed E-state index contributed by atoms with van der Waals surface area (Å²) in [6.45, 7) is 7.84.